The average Bonchev–Trinajstić information content (AvgIpc) is 3.14. The molecule has 0 amide bonds. The van der Waals surface area contributed by atoms with Crippen LogP contribution in [0, 0.1) is 24.0 Å². The minimum atomic E-state index is -2.76. The number of nitrogens with zero attached hydrogens (tertiary/aromatic N) is 5. The summed E-state index contributed by atoms with van der Waals surface area (Å²) < 4.78 is 43.0. The van der Waals surface area contributed by atoms with E-state index >= 15 is 0 Å². The van der Waals surface area contributed by atoms with Crippen molar-refractivity contribution in [2.45, 2.75) is 44.9 Å². The third-order valence-corrected chi connectivity index (χ3v) is 5.57. The zero-order valence-corrected chi connectivity index (χ0v) is 16.9. The first-order valence-corrected chi connectivity index (χ1v) is 10.0. The van der Waals surface area contributed by atoms with E-state index in [1.807, 2.05) is 0 Å². The minimum Gasteiger partial charge on any atom is -0.396 e. The smallest absolute Gasteiger partial charge is 0.268 e. The van der Waals surface area contributed by atoms with Gasteiger partial charge in [0, 0.05) is 29.4 Å². The highest BCUT2D eigenvalue weighted by Gasteiger charge is 2.23. The molecule has 0 bridgehead atoms. The van der Waals surface area contributed by atoms with Gasteiger partial charge in [-0.3, -0.25) is 4.99 Å². The number of rotatable bonds is 4. The number of benzene rings is 1. The molecule has 158 valence electrons. The Morgan fingerprint density at radius 1 is 1.32 bits per heavy atom. The van der Waals surface area contributed by atoms with Crippen molar-refractivity contribution in [1.29, 1.82) is 5.26 Å². The molecule has 31 heavy (non-hydrogen) atoms. The molecule has 0 atom stereocenters. The number of hydrogen-bond donors (Lipinski definition) is 1. The van der Waals surface area contributed by atoms with Crippen LogP contribution in [0.4, 0.5) is 18.9 Å². The van der Waals surface area contributed by atoms with Crippen molar-refractivity contribution in [2.75, 3.05) is 5.73 Å². The number of anilines is 1. The summed E-state index contributed by atoms with van der Waals surface area (Å²) in [6, 6.07) is 4.04. The van der Waals surface area contributed by atoms with E-state index in [2.05, 4.69) is 21.0 Å². The first kappa shape index (κ1) is 20.9. The molecule has 0 spiro atoms. The summed E-state index contributed by atoms with van der Waals surface area (Å²) in [5.74, 6) is 1.61. The first-order chi connectivity index (χ1) is 14.9. The Morgan fingerprint density at radius 3 is 2.74 bits per heavy atom. The van der Waals surface area contributed by atoms with E-state index in [1.165, 1.54) is 29.1 Å². The van der Waals surface area contributed by atoms with E-state index in [1.54, 1.807) is 13.0 Å². The zero-order chi connectivity index (χ0) is 22.1. The van der Waals surface area contributed by atoms with E-state index in [-0.39, 0.29) is 35.3 Å². The maximum Gasteiger partial charge on any atom is 0.268 e. The van der Waals surface area contributed by atoms with Crippen LogP contribution in [0.5, 0.6) is 0 Å². The number of halogens is 3. The maximum absolute atomic E-state index is 14.5. The molecule has 0 unspecified atom stereocenters. The van der Waals surface area contributed by atoms with Gasteiger partial charge in [-0.1, -0.05) is 12.6 Å². The summed E-state index contributed by atoms with van der Waals surface area (Å²) >= 11 is 0. The molecule has 0 radical (unpaired) electrons. The van der Waals surface area contributed by atoms with Crippen LogP contribution in [0.25, 0.3) is 16.9 Å². The number of nitriles is 1. The van der Waals surface area contributed by atoms with Gasteiger partial charge in [-0.2, -0.15) is 5.10 Å². The summed E-state index contributed by atoms with van der Waals surface area (Å²) in [6.07, 6.45) is 3.44. The van der Waals surface area contributed by atoms with Crippen LogP contribution < -0.4 is 5.73 Å². The lowest BCUT2D eigenvalue weighted by molar-refractivity contribution is 0.152. The number of nitrogens with two attached hydrogens (primary N) is 1. The molecule has 4 rings (SSSR count). The van der Waals surface area contributed by atoms with Gasteiger partial charge in [-0.25, -0.2) is 27.9 Å². The number of imidazole rings is 1. The Labute approximate surface area is 177 Å². The maximum atomic E-state index is 14.5. The predicted molar refractivity (Wildman–Crippen MR) is 114 cm³/mol. The van der Waals surface area contributed by atoms with Crippen molar-refractivity contribution in [3.63, 3.8) is 0 Å². The van der Waals surface area contributed by atoms with Crippen molar-refractivity contribution in [3.8, 4) is 17.2 Å². The Bertz CT molecular complexity index is 1190. The Morgan fingerprint density at radius 2 is 2.06 bits per heavy atom. The molecule has 0 aliphatic carbocycles. The standard InChI is InChI=1S/C21H20BF3N6/c1-12-10-31-21(29-12)16(20(24)25)8-18(30-31)13-6-14(19(27)17(23)7-13)9-28-15-2-4-22(11-26)5-3-15/h6-10,15,20H,2-5,27H2,1H3. The fraction of sp³-hybridized carbons (Fsp3) is 0.333. The van der Waals surface area contributed by atoms with Gasteiger partial charge < -0.3 is 5.73 Å². The molecule has 2 N–H and O–H groups in total. The predicted octanol–water partition coefficient (Wildman–Crippen LogP) is 4.50. The number of hydrogen-bond acceptors (Lipinski definition) is 5. The second-order valence-electron chi connectivity index (χ2n) is 7.81. The lowest BCUT2D eigenvalue weighted by atomic mass is 9.42. The van der Waals surface area contributed by atoms with Crippen molar-refractivity contribution >= 4 is 24.3 Å². The number of aliphatic imine (C=N–C) groups is 1. The normalized spacial score (nSPS) is 15.3. The fourth-order valence-electron chi connectivity index (χ4n) is 3.85. The molecule has 10 heteroatoms. The van der Waals surface area contributed by atoms with Crippen LogP contribution >= 0.6 is 0 Å². The van der Waals surface area contributed by atoms with Gasteiger partial charge in [0.25, 0.3) is 13.1 Å². The van der Waals surface area contributed by atoms with E-state index in [0.717, 1.165) is 25.5 Å². The van der Waals surface area contributed by atoms with Crippen molar-refractivity contribution in [2.24, 2.45) is 4.99 Å². The average molecular weight is 424 g/mol. The number of fused-ring (bicyclic) bond motifs is 1. The van der Waals surface area contributed by atoms with Gasteiger partial charge in [-0.05, 0) is 38.0 Å². The van der Waals surface area contributed by atoms with Gasteiger partial charge in [0.1, 0.15) is 5.82 Å². The van der Waals surface area contributed by atoms with Gasteiger partial charge in [0.15, 0.2) is 5.65 Å². The number of alkyl halides is 2. The highest BCUT2D eigenvalue weighted by atomic mass is 19.3. The summed E-state index contributed by atoms with van der Waals surface area (Å²) in [5.41, 5.74) is 7.04. The fourth-order valence-corrected chi connectivity index (χ4v) is 3.85. The first-order valence-electron chi connectivity index (χ1n) is 10.0. The Hall–Kier alpha value is -3.35. The summed E-state index contributed by atoms with van der Waals surface area (Å²) in [6.45, 7) is 1.75. The van der Waals surface area contributed by atoms with Crippen LogP contribution in [0.2, 0.25) is 12.6 Å². The number of nitrogen functional groups attached to an aromatic ring is 1. The Balaban J connectivity index is 1.70. The third kappa shape index (κ3) is 4.26. The van der Waals surface area contributed by atoms with Gasteiger partial charge in [0.2, 0.25) is 0 Å². The van der Waals surface area contributed by atoms with Gasteiger partial charge in [-0.15, -0.1) is 0 Å². The topological polar surface area (TPSA) is 92.4 Å². The molecule has 1 fully saturated rings. The number of aromatic nitrogens is 3. The highest BCUT2D eigenvalue weighted by molar-refractivity contribution is 6.67. The molecule has 3 heterocycles. The molecule has 6 nitrogen and oxygen atoms in total. The number of aryl methyl sites for hydroxylation is 1. The van der Waals surface area contributed by atoms with Crippen molar-refractivity contribution in [3.05, 3.63) is 47.0 Å². The SMILES string of the molecule is Cc1cn2nc(-c3cc(F)c(N)c(C=NC4CCB(C#N)CC4)c3)cc(C(F)F)c2n1. The molecular formula is C21H20BF3N6. The summed E-state index contributed by atoms with van der Waals surface area (Å²) in [4.78, 5) is 8.62. The third-order valence-electron chi connectivity index (χ3n) is 5.57. The van der Waals surface area contributed by atoms with Gasteiger partial charge >= 0.3 is 0 Å². The van der Waals surface area contributed by atoms with Crippen LogP contribution in [0.15, 0.2) is 29.4 Å². The molecule has 3 aromatic rings. The molecule has 0 saturated carbocycles. The van der Waals surface area contributed by atoms with Crippen LogP contribution in [-0.4, -0.2) is 33.6 Å². The summed E-state index contributed by atoms with van der Waals surface area (Å²) in [7, 11) is 0. The molecule has 1 aromatic carbocycles. The highest BCUT2D eigenvalue weighted by Crippen LogP contribution is 2.30. The van der Waals surface area contributed by atoms with E-state index in [4.69, 9.17) is 11.0 Å². The van der Waals surface area contributed by atoms with E-state index < -0.39 is 12.2 Å². The quantitative estimate of drug-likeness (QED) is 0.379. The van der Waals surface area contributed by atoms with Crippen LogP contribution in [0.3, 0.4) is 0 Å². The van der Waals surface area contributed by atoms with E-state index in [0.29, 0.717) is 16.8 Å². The van der Waals surface area contributed by atoms with Crippen LogP contribution in [-0.2, 0) is 0 Å². The molecule has 1 aliphatic heterocycles. The molecular weight excluding hydrogens is 404 g/mol. The lowest BCUT2D eigenvalue weighted by Gasteiger charge is -2.19. The molecule has 1 saturated heterocycles. The second kappa shape index (κ2) is 8.42. The molecule has 2 aromatic heterocycles. The lowest BCUT2D eigenvalue weighted by Crippen LogP contribution is -2.22. The second-order valence-corrected chi connectivity index (χ2v) is 7.81. The monoisotopic (exact) mass is 424 g/mol. The largest absolute Gasteiger partial charge is 0.396 e. The summed E-state index contributed by atoms with van der Waals surface area (Å²) in [5, 5.41) is 13.3. The molecule has 1 aliphatic rings. The Kier molecular flexibility index (Phi) is 5.68. The van der Waals surface area contributed by atoms with Crippen molar-refractivity contribution in [1.82, 2.24) is 14.6 Å². The van der Waals surface area contributed by atoms with Gasteiger partial charge in [0.05, 0.1) is 28.8 Å². The minimum absolute atomic E-state index is 0.0459. The van der Waals surface area contributed by atoms with E-state index in [9.17, 15) is 13.2 Å². The van der Waals surface area contributed by atoms with Crippen LogP contribution in [0.1, 0.15) is 36.1 Å². The van der Waals surface area contributed by atoms with Crippen molar-refractivity contribution < 1.29 is 13.2 Å². The zero-order valence-electron chi connectivity index (χ0n) is 16.9.